The molecule has 5 heteroatoms. The molecule has 0 fully saturated rings. The summed E-state index contributed by atoms with van der Waals surface area (Å²) in [7, 11) is 1.59. The number of nitrogens with one attached hydrogen (secondary N) is 1. The summed E-state index contributed by atoms with van der Waals surface area (Å²) in [5.74, 6) is 0.930. The van der Waals surface area contributed by atoms with E-state index < -0.39 is 0 Å². The molecule has 0 atom stereocenters. The first kappa shape index (κ1) is 13.9. The molecule has 20 heavy (non-hydrogen) atoms. The van der Waals surface area contributed by atoms with Crippen LogP contribution in [0.1, 0.15) is 11.1 Å². The summed E-state index contributed by atoms with van der Waals surface area (Å²) in [5.41, 5.74) is 8.87. The number of nitrogens with zero attached hydrogens (tertiary/aromatic N) is 2. The molecule has 0 radical (unpaired) electrons. The molecule has 2 aromatic rings. The number of ether oxygens (including phenoxy) is 1. The molecule has 104 valence electrons. The summed E-state index contributed by atoms with van der Waals surface area (Å²) in [4.78, 5) is 8.40. The van der Waals surface area contributed by atoms with E-state index in [0.29, 0.717) is 18.4 Å². The highest BCUT2D eigenvalue weighted by Gasteiger charge is 2.02. The SMILES string of the molecule is COc1ncccc1CN=C(N)Nc1ccc(C)cc1. The molecule has 0 aliphatic rings. The van der Waals surface area contributed by atoms with Crippen LogP contribution < -0.4 is 15.8 Å². The molecular formula is C15H18N4O. The van der Waals surface area contributed by atoms with Gasteiger partial charge >= 0.3 is 0 Å². The average molecular weight is 270 g/mol. The van der Waals surface area contributed by atoms with E-state index in [2.05, 4.69) is 15.3 Å². The van der Waals surface area contributed by atoms with Crippen molar-refractivity contribution in [2.75, 3.05) is 12.4 Å². The number of aromatic nitrogens is 1. The molecule has 0 amide bonds. The number of rotatable bonds is 4. The summed E-state index contributed by atoms with van der Waals surface area (Å²) in [6.07, 6.45) is 1.68. The third-order valence-electron chi connectivity index (χ3n) is 2.79. The van der Waals surface area contributed by atoms with Crippen molar-refractivity contribution < 1.29 is 4.74 Å². The zero-order chi connectivity index (χ0) is 14.4. The topological polar surface area (TPSA) is 72.5 Å². The van der Waals surface area contributed by atoms with Crippen LogP contribution in [0.3, 0.4) is 0 Å². The highest BCUT2D eigenvalue weighted by atomic mass is 16.5. The first-order chi connectivity index (χ1) is 9.69. The Hall–Kier alpha value is -2.56. The number of benzene rings is 1. The Kier molecular flexibility index (Phi) is 4.55. The van der Waals surface area contributed by atoms with E-state index in [1.54, 1.807) is 13.3 Å². The van der Waals surface area contributed by atoms with Gasteiger partial charge in [0.05, 0.1) is 13.7 Å². The van der Waals surface area contributed by atoms with Crippen LogP contribution in [0.15, 0.2) is 47.6 Å². The molecule has 0 saturated carbocycles. The van der Waals surface area contributed by atoms with Gasteiger partial charge in [-0.2, -0.15) is 0 Å². The molecule has 0 spiro atoms. The number of aliphatic imine (C=N–C) groups is 1. The molecular weight excluding hydrogens is 252 g/mol. The van der Waals surface area contributed by atoms with Crippen molar-refractivity contribution in [1.29, 1.82) is 0 Å². The fourth-order valence-electron chi connectivity index (χ4n) is 1.72. The lowest BCUT2D eigenvalue weighted by Crippen LogP contribution is -2.22. The number of hydrogen-bond acceptors (Lipinski definition) is 3. The summed E-state index contributed by atoms with van der Waals surface area (Å²) < 4.78 is 5.17. The second-order valence-corrected chi connectivity index (χ2v) is 4.36. The Balaban J connectivity index is 2.02. The van der Waals surface area contributed by atoms with Crippen molar-refractivity contribution >= 4 is 11.6 Å². The van der Waals surface area contributed by atoms with E-state index in [0.717, 1.165) is 11.3 Å². The fourth-order valence-corrected chi connectivity index (χ4v) is 1.72. The van der Waals surface area contributed by atoms with Gasteiger partial charge in [0, 0.05) is 17.4 Å². The van der Waals surface area contributed by atoms with Crippen molar-refractivity contribution in [3.05, 3.63) is 53.7 Å². The molecule has 0 saturated heterocycles. The number of aryl methyl sites for hydroxylation is 1. The number of methoxy groups -OCH3 is 1. The van der Waals surface area contributed by atoms with E-state index in [-0.39, 0.29) is 0 Å². The zero-order valence-corrected chi connectivity index (χ0v) is 11.6. The maximum atomic E-state index is 5.86. The summed E-state index contributed by atoms with van der Waals surface area (Å²) in [5, 5.41) is 3.04. The van der Waals surface area contributed by atoms with Gasteiger partial charge in [-0.15, -0.1) is 0 Å². The summed E-state index contributed by atoms with van der Waals surface area (Å²) >= 11 is 0. The average Bonchev–Trinajstić information content (AvgIpc) is 2.48. The number of guanidine groups is 1. The minimum Gasteiger partial charge on any atom is -0.481 e. The standard InChI is InChI=1S/C15H18N4O/c1-11-5-7-13(8-6-11)19-15(16)18-10-12-4-3-9-17-14(12)20-2/h3-9H,10H2,1-2H3,(H3,16,18,19). The summed E-state index contributed by atoms with van der Waals surface area (Å²) in [6, 6.07) is 11.7. The smallest absolute Gasteiger partial charge is 0.218 e. The number of pyridine rings is 1. The van der Waals surface area contributed by atoms with Crippen LogP contribution in [0, 0.1) is 6.92 Å². The third-order valence-corrected chi connectivity index (χ3v) is 2.79. The van der Waals surface area contributed by atoms with Crippen molar-refractivity contribution in [2.24, 2.45) is 10.7 Å². The van der Waals surface area contributed by atoms with Crippen LogP contribution in [-0.2, 0) is 6.54 Å². The zero-order valence-electron chi connectivity index (χ0n) is 11.6. The molecule has 2 rings (SSSR count). The number of anilines is 1. The predicted molar refractivity (Wildman–Crippen MR) is 80.9 cm³/mol. The van der Waals surface area contributed by atoms with Crippen LogP contribution in [0.25, 0.3) is 0 Å². The molecule has 0 unspecified atom stereocenters. The highest BCUT2D eigenvalue weighted by Crippen LogP contribution is 2.14. The minimum absolute atomic E-state index is 0.361. The van der Waals surface area contributed by atoms with Crippen LogP contribution in [0.5, 0.6) is 5.88 Å². The van der Waals surface area contributed by atoms with Crippen LogP contribution >= 0.6 is 0 Å². The third kappa shape index (κ3) is 3.71. The molecule has 1 aromatic heterocycles. The second kappa shape index (κ2) is 6.56. The van der Waals surface area contributed by atoms with Gasteiger partial charge in [-0.25, -0.2) is 9.98 Å². The van der Waals surface area contributed by atoms with Gasteiger partial charge in [0.25, 0.3) is 0 Å². The molecule has 1 aromatic carbocycles. The fraction of sp³-hybridized carbons (Fsp3) is 0.200. The first-order valence-corrected chi connectivity index (χ1v) is 6.30. The van der Waals surface area contributed by atoms with Crippen molar-refractivity contribution in [2.45, 2.75) is 13.5 Å². The molecule has 1 heterocycles. The number of nitrogens with two attached hydrogens (primary N) is 1. The van der Waals surface area contributed by atoms with E-state index in [4.69, 9.17) is 10.5 Å². The Morgan fingerprint density at radius 2 is 2.05 bits per heavy atom. The lowest BCUT2D eigenvalue weighted by atomic mass is 10.2. The van der Waals surface area contributed by atoms with Crippen LogP contribution in [0.4, 0.5) is 5.69 Å². The van der Waals surface area contributed by atoms with E-state index in [9.17, 15) is 0 Å². The Labute approximate surface area is 118 Å². The van der Waals surface area contributed by atoms with E-state index >= 15 is 0 Å². The van der Waals surface area contributed by atoms with Crippen molar-refractivity contribution in [3.8, 4) is 5.88 Å². The van der Waals surface area contributed by atoms with Gasteiger partial charge in [-0.1, -0.05) is 23.8 Å². The predicted octanol–water partition coefficient (Wildman–Crippen LogP) is 2.33. The molecule has 3 N–H and O–H groups in total. The van der Waals surface area contributed by atoms with Crippen molar-refractivity contribution in [3.63, 3.8) is 0 Å². The monoisotopic (exact) mass is 270 g/mol. The molecule has 0 aliphatic carbocycles. The lowest BCUT2D eigenvalue weighted by molar-refractivity contribution is 0.392. The second-order valence-electron chi connectivity index (χ2n) is 4.36. The minimum atomic E-state index is 0.361. The molecule has 5 nitrogen and oxygen atoms in total. The van der Waals surface area contributed by atoms with Gasteiger partial charge in [0.2, 0.25) is 5.88 Å². The molecule has 0 bridgehead atoms. The van der Waals surface area contributed by atoms with Gasteiger partial charge in [-0.3, -0.25) is 0 Å². The normalized spacial score (nSPS) is 11.2. The highest BCUT2D eigenvalue weighted by molar-refractivity contribution is 5.92. The van der Waals surface area contributed by atoms with E-state index in [1.165, 1.54) is 5.56 Å². The Morgan fingerprint density at radius 3 is 2.75 bits per heavy atom. The van der Waals surface area contributed by atoms with Gasteiger partial charge in [0.15, 0.2) is 5.96 Å². The Bertz CT molecular complexity index is 593. The quantitative estimate of drug-likeness (QED) is 0.660. The van der Waals surface area contributed by atoms with E-state index in [1.807, 2.05) is 43.3 Å². The number of hydrogen-bond donors (Lipinski definition) is 2. The van der Waals surface area contributed by atoms with Crippen LogP contribution in [-0.4, -0.2) is 18.1 Å². The maximum Gasteiger partial charge on any atom is 0.218 e. The maximum absolute atomic E-state index is 5.86. The first-order valence-electron chi connectivity index (χ1n) is 6.30. The Morgan fingerprint density at radius 1 is 1.30 bits per heavy atom. The molecule has 0 aliphatic heterocycles. The largest absolute Gasteiger partial charge is 0.481 e. The van der Waals surface area contributed by atoms with Gasteiger partial charge in [0.1, 0.15) is 0 Å². The van der Waals surface area contributed by atoms with Gasteiger partial charge < -0.3 is 15.8 Å². The van der Waals surface area contributed by atoms with Crippen LogP contribution in [0.2, 0.25) is 0 Å². The van der Waals surface area contributed by atoms with Gasteiger partial charge in [-0.05, 0) is 25.1 Å². The summed E-state index contributed by atoms with van der Waals surface area (Å²) in [6.45, 7) is 2.46. The van der Waals surface area contributed by atoms with Crippen molar-refractivity contribution in [1.82, 2.24) is 4.98 Å². The lowest BCUT2D eigenvalue weighted by Gasteiger charge is -2.07.